The lowest BCUT2D eigenvalue weighted by atomic mass is 9.71. The lowest BCUT2D eigenvalue weighted by Crippen LogP contribution is -2.40. The number of ether oxygens (including phenoxy) is 1. The average molecular weight is 376 g/mol. The van der Waals surface area contributed by atoms with Crippen molar-refractivity contribution in [3.8, 4) is 0 Å². The zero-order valence-electron chi connectivity index (χ0n) is 12.9. The second kappa shape index (κ2) is 6.32. The summed E-state index contributed by atoms with van der Waals surface area (Å²) in [6, 6.07) is 7.72. The molecule has 1 heterocycles. The van der Waals surface area contributed by atoms with E-state index in [2.05, 4.69) is 27.8 Å². The average Bonchev–Trinajstić information content (AvgIpc) is 2.54. The highest BCUT2D eigenvalue weighted by molar-refractivity contribution is 9.10. The monoisotopic (exact) mass is 375 g/mol. The molecule has 0 amide bonds. The molecule has 0 fully saturated rings. The van der Waals surface area contributed by atoms with Gasteiger partial charge in [-0.15, -0.1) is 0 Å². The Bertz CT molecular complexity index is 705. The van der Waals surface area contributed by atoms with Crippen LogP contribution in [0, 0.1) is 5.92 Å². The summed E-state index contributed by atoms with van der Waals surface area (Å²) >= 11 is 3.42. The molecule has 1 N–H and O–H groups in total. The molecule has 2 atom stereocenters. The van der Waals surface area contributed by atoms with Crippen molar-refractivity contribution in [2.24, 2.45) is 5.92 Å². The summed E-state index contributed by atoms with van der Waals surface area (Å²) in [6.07, 6.45) is 2.16. The summed E-state index contributed by atoms with van der Waals surface area (Å²) in [5, 5.41) is 3.18. The molecule has 0 bridgehead atoms. The smallest absolute Gasteiger partial charge is 0.315 e. The predicted octanol–water partition coefficient (Wildman–Crippen LogP) is 3.45. The number of carbonyl (C=O) groups excluding carboxylic acids is 2. The van der Waals surface area contributed by atoms with E-state index in [4.69, 9.17) is 4.74 Å². The number of hydrogen-bond donors (Lipinski definition) is 1. The zero-order chi connectivity index (χ0) is 16.6. The molecule has 0 saturated carbocycles. The van der Waals surface area contributed by atoms with E-state index in [-0.39, 0.29) is 17.7 Å². The molecule has 120 valence electrons. The van der Waals surface area contributed by atoms with E-state index >= 15 is 0 Å². The van der Waals surface area contributed by atoms with Crippen LogP contribution in [0.4, 0.5) is 0 Å². The van der Waals surface area contributed by atoms with Crippen LogP contribution in [0.5, 0.6) is 0 Å². The molecular formula is C18H18BrNO3. The van der Waals surface area contributed by atoms with Gasteiger partial charge in [-0.2, -0.15) is 0 Å². The van der Waals surface area contributed by atoms with E-state index in [1.165, 1.54) is 7.11 Å². The first kappa shape index (κ1) is 16.0. The number of Topliss-reactive ketones (excluding diaryl/α,β-unsaturated/α-hetero) is 1. The van der Waals surface area contributed by atoms with Gasteiger partial charge in [0.15, 0.2) is 5.78 Å². The molecule has 2 unspecified atom stereocenters. The fourth-order valence-electron chi connectivity index (χ4n) is 3.43. The number of allylic oxidation sites excluding steroid dienone is 2. The number of hydrogen-bond acceptors (Lipinski definition) is 4. The minimum absolute atomic E-state index is 0.105. The van der Waals surface area contributed by atoms with Crippen LogP contribution >= 0.6 is 15.9 Å². The molecular weight excluding hydrogens is 358 g/mol. The fraction of sp³-hybridized carbons (Fsp3) is 0.333. The van der Waals surface area contributed by atoms with Crippen LogP contribution in [0.3, 0.4) is 0 Å². The fourth-order valence-corrected chi connectivity index (χ4v) is 3.69. The van der Waals surface area contributed by atoms with Crippen LogP contribution in [0.25, 0.3) is 0 Å². The minimum Gasteiger partial charge on any atom is -0.468 e. The minimum atomic E-state index is -0.595. The van der Waals surface area contributed by atoms with E-state index < -0.39 is 5.92 Å². The Morgan fingerprint density at radius 1 is 1.30 bits per heavy atom. The molecule has 2 aliphatic rings. The van der Waals surface area contributed by atoms with Crippen LogP contribution < -0.4 is 5.32 Å². The molecule has 0 radical (unpaired) electrons. The van der Waals surface area contributed by atoms with Gasteiger partial charge in [-0.3, -0.25) is 9.59 Å². The van der Waals surface area contributed by atoms with Crippen molar-refractivity contribution in [1.29, 1.82) is 0 Å². The van der Waals surface area contributed by atoms with E-state index in [0.29, 0.717) is 17.7 Å². The Kier molecular flexibility index (Phi) is 4.39. The van der Waals surface area contributed by atoms with Gasteiger partial charge in [0.05, 0.1) is 7.11 Å². The van der Waals surface area contributed by atoms with Gasteiger partial charge in [0.25, 0.3) is 0 Å². The first-order valence-corrected chi connectivity index (χ1v) is 8.37. The molecule has 1 aromatic carbocycles. The Balaban J connectivity index is 2.16. The van der Waals surface area contributed by atoms with Gasteiger partial charge >= 0.3 is 5.97 Å². The first-order valence-electron chi connectivity index (χ1n) is 7.58. The second-order valence-electron chi connectivity index (χ2n) is 5.85. The number of halogens is 1. The van der Waals surface area contributed by atoms with Crippen molar-refractivity contribution in [3.05, 3.63) is 57.8 Å². The maximum Gasteiger partial charge on any atom is 0.315 e. The van der Waals surface area contributed by atoms with Crippen molar-refractivity contribution in [3.63, 3.8) is 0 Å². The van der Waals surface area contributed by atoms with Gasteiger partial charge in [-0.05, 0) is 30.5 Å². The summed E-state index contributed by atoms with van der Waals surface area (Å²) in [6.45, 7) is 4.01. The van der Waals surface area contributed by atoms with Crippen LogP contribution in [0.1, 0.15) is 30.7 Å². The second-order valence-corrected chi connectivity index (χ2v) is 6.76. The summed E-state index contributed by atoms with van der Waals surface area (Å²) in [5.74, 6) is -1.21. The zero-order valence-corrected chi connectivity index (χ0v) is 14.5. The molecule has 1 aromatic rings. The maximum absolute atomic E-state index is 12.6. The number of carbonyl (C=O) groups is 2. The first-order chi connectivity index (χ1) is 11.0. The quantitative estimate of drug-likeness (QED) is 0.804. The van der Waals surface area contributed by atoms with Gasteiger partial charge in [0.1, 0.15) is 5.92 Å². The van der Waals surface area contributed by atoms with Crippen LogP contribution in [0.2, 0.25) is 0 Å². The normalized spacial score (nSPS) is 24.1. The van der Waals surface area contributed by atoms with Crippen LogP contribution in [-0.4, -0.2) is 18.9 Å². The van der Waals surface area contributed by atoms with Crippen LogP contribution in [0.15, 0.2) is 52.3 Å². The lowest BCUT2D eigenvalue weighted by Gasteiger charge is -2.38. The van der Waals surface area contributed by atoms with Gasteiger partial charge in [-0.1, -0.05) is 34.6 Å². The summed E-state index contributed by atoms with van der Waals surface area (Å²) in [5.41, 5.74) is 3.13. The van der Waals surface area contributed by atoms with E-state index in [0.717, 1.165) is 28.6 Å². The molecule has 0 spiro atoms. The number of esters is 1. The number of rotatable bonds is 2. The SMILES string of the molecule is C=C1NC2=C(C(=O)CCC2)C(c2ccc(Br)cc2)C1C(=O)OC. The van der Waals surface area contributed by atoms with Gasteiger partial charge in [-0.25, -0.2) is 0 Å². The highest BCUT2D eigenvalue weighted by Crippen LogP contribution is 2.44. The van der Waals surface area contributed by atoms with E-state index in [9.17, 15) is 9.59 Å². The third-order valence-corrected chi connectivity index (χ3v) is 5.00. The lowest BCUT2D eigenvalue weighted by molar-refractivity contribution is -0.144. The predicted molar refractivity (Wildman–Crippen MR) is 90.5 cm³/mol. The molecule has 3 rings (SSSR count). The highest BCUT2D eigenvalue weighted by atomic mass is 79.9. The van der Waals surface area contributed by atoms with E-state index in [1.54, 1.807) is 0 Å². The largest absolute Gasteiger partial charge is 0.468 e. The maximum atomic E-state index is 12.6. The van der Waals surface area contributed by atoms with Crippen molar-refractivity contribution >= 4 is 27.7 Å². The Morgan fingerprint density at radius 3 is 2.65 bits per heavy atom. The van der Waals surface area contributed by atoms with E-state index in [1.807, 2.05) is 24.3 Å². The topological polar surface area (TPSA) is 55.4 Å². The molecule has 1 aliphatic carbocycles. The third-order valence-electron chi connectivity index (χ3n) is 4.47. The molecule has 5 heteroatoms. The summed E-state index contributed by atoms with van der Waals surface area (Å²) < 4.78 is 5.92. The van der Waals surface area contributed by atoms with Gasteiger partial charge in [0.2, 0.25) is 0 Å². The standard InChI is InChI=1S/C18H18BrNO3/c1-10-15(18(22)23-2)16(11-6-8-12(19)9-7-11)17-13(20-10)4-3-5-14(17)21/h6-9,15-16,20H,1,3-5H2,2H3. The van der Waals surface area contributed by atoms with Crippen molar-refractivity contribution in [2.45, 2.75) is 25.2 Å². The van der Waals surface area contributed by atoms with Gasteiger partial charge in [0, 0.05) is 33.8 Å². The Hall–Kier alpha value is -1.88. The van der Waals surface area contributed by atoms with Crippen molar-refractivity contribution in [1.82, 2.24) is 5.32 Å². The van der Waals surface area contributed by atoms with Crippen LogP contribution in [-0.2, 0) is 14.3 Å². The Morgan fingerprint density at radius 2 is 2.00 bits per heavy atom. The van der Waals surface area contributed by atoms with Gasteiger partial charge < -0.3 is 10.1 Å². The number of benzene rings is 1. The molecule has 0 saturated heterocycles. The highest BCUT2D eigenvalue weighted by Gasteiger charge is 2.43. The Labute approximate surface area is 143 Å². The molecule has 0 aromatic heterocycles. The molecule has 1 aliphatic heterocycles. The molecule has 23 heavy (non-hydrogen) atoms. The van der Waals surface area contributed by atoms with Crippen molar-refractivity contribution < 1.29 is 14.3 Å². The summed E-state index contributed by atoms with van der Waals surface area (Å²) in [7, 11) is 1.36. The third kappa shape index (κ3) is 2.85. The number of methoxy groups -OCH3 is 1. The summed E-state index contributed by atoms with van der Waals surface area (Å²) in [4.78, 5) is 24.9. The van der Waals surface area contributed by atoms with Crippen molar-refractivity contribution in [2.75, 3.05) is 7.11 Å². The number of ketones is 1. The number of nitrogens with one attached hydrogen (secondary N) is 1. The molecule has 4 nitrogen and oxygen atoms in total.